The van der Waals surface area contributed by atoms with E-state index in [2.05, 4.69) is 0 Å². The quantitative estimate of drug-likeness (QED) is 0.463. The van der Waals surface area contributed by atoms with Crippen LogP contribution >= 0.6 is 23.5 Å². The van der Waals surface area contributed by atoms with E-state index in [4.69, 9.17) is 0 Å². The zero-order valence-corrected chi connectivity index (χ0v) is 18.0. The Bertz CT molecular complexity index is 877. The Balaban J connectivity index is 2.29. The van der Waals surface area contributed by atoms with Gasteiger partial charge in [-0.1, -0.05) is 44.9 Å². The van der Waals surface area contributed by atoms with Crippen molar-refractivity contribution in [1.29, 1.82) is 0 Å². The van der Waals surface area contributed by atoms with E-state index in [1.54, 1.807) is 11.0 Å². The van der Waals surface area contributed by atoms with Gasteiger partial charge in [0.1, 0.15) is 11.2 Å². The molecule has 0 saturated carbocycles. The van der Waals surface area contributed by atoms with Gasteiger partial charge >= 0.3 is 0 Å². The number of thioether (sulfide) groups is 2. The maximum absolute atomic E-state index is 13.9. The van der Waals surface area contributed by atoms with Crippen LogP contribution in [0.1, 0.15) is 39.5 Å². The number of amides is 1. The van der Waals surface area contributed by atoms with E-state index in [0.29, 0.717) is 28.3 Å². The predicted octanol–water partition coefficient (Wildman–Crippen LogP) is 6.00. The highest BCUT2D eigenvalue weighted by Gasteiger charge is 2.50. The zero-order valence-electron chi connectivity index (χ0n) is 16.4. The molecular weight excluding hydrogens is 390 g/mol. The Morgan fingerprint density at radius 1 is 1.07 bits per heavy atom. The lowest BCUT2D eigenvalue weighted by Crippen LogP contribution is -2.45. The van der Waals surface area contributed by atoms with Gasteiger partial charge in [0.25, 0.3) is 0 Å². The molecule has 2 aromatic carbocycles. The van der Waals surface area contributed by atoms with E-state index in [-0.39, 0.29) is 16.8 Å². The summed E-state index contributed by atoms with van der Waals surface area (Å²) in [5, 5.41) is 10.2. The fourth-order valence-electron chi connectivity index (χ4n) is 3.80. The summed E-state index contributed by atoms with van der Waals surface area (Å²) in [6.45, 7) is 4.01. The summed E-state index contributed by atoms with van der Waals surface area (Å²) in [7, 11) is 0. The van der Waals surface area contributed by atoms with Crippen molar-refractivity contribution in [2.75, 3.05) is 11.2 Å². The van der Waals surface area contributed by atoms with E-state index in [0.717, 1.165) is 30.3 Å². The van der Waals surface area contributed by atoms with Crippen molar-refractivity contribution in [3.05, 3.63) is 42.5 Å². The van der Waals surface area contributed by atoms with Gasteiger partial charge in [-0.15, -0.1) is 11.8 Å². The molecule has 0 atom stereocenters. The number of carbonyl (C=O) groups is 2. The first-order chi connectivity index (χ1) is 13.5. The first-order valence-corrected chi connectivity index (χ1v) is 11.6. The van der Waals surface area contributed by atoms with Gasteiger partial charge in [-0.05, 0) is 55.1 Å². The number of anilines is 2. The minimum atomic E-state index is -1.06. The first kappa shape index (κ1) is 20.8. The lowest BCUT2D eigenvalue weighted by atomic mass is 9.78. The highest BCUT2D eigenvalue weighted by Crippen LogP contribution is 2.50. The third-order valence-corrected chi connectivity index (χ3v) is 6.97. The topological polar surface area (TPSA) is 57.6 Å². The molecule has 1 aliphatic rings. The Labute approximate surface area is 174 Å². The molecule has 0 aliphatic carbocycles. The van der Waals surface area contributed by atoms with Gasteiger partial charge in [-0.25, -0.2) is 0 Å². The number of hydrogen-bond acceptors (Lipinski definition) is 5. The molecule has 1 amide bonds. The molecular formula is C22H25NO3S2. The average molecular weight is 416 g/mol. The van der Waals surface area contributed by atoms with Crippen molar-refractivity contribution in [3.8, 4) is 5.75 Å². The Morgan fingerprint density at radius 3 is 2.29 bits per heavy atom. The molecule has 0 bridgehead atoms. The minimum Gasteiger partial charge on any atom is -0.507 e. The van der Waals surface area contributed by atoms with Crippen LogP contribution in [-0.2, 0) is 9.59 Å². The van der Waals surface area contributed by atoms with Crippen molar-refractivity contribution in [3.63, 3.8) is 0 Å². The number of phenolic OH excluding ortho intramolecular Hbond substituents is 1. The van der Waals surface area contributed by atoms with Gasteiger partial charge in [0, 0.05) is 10.6 Å². The van der Waals surface area contributed by atoms with Gasteiger partial charge in [0.15, 0.2) is 0 Å². The van der Waals surface area contributed by atoms with E-state index in [1.807, 2.05) is 56.5 Å². The predicted molar refractivity (Wildman–Crippen MR) is 117 cm³/mol. The molecule has 4 nitrogen and oxygen atoms in total. The van der Waals surface area contributed by atoms with Gasteiger partial charge in [0.05, 0.1) is 10.6 Å². The molecule has 0 radical (unpaired) electrons. The summed E-state index contributed by atoms with van der Waals surface area (Å²) in [6, 6.07) is 12.9. The summed E-state index contributed by atoms with van der Waals surface area (Å²) in [5.41, 5.74) is 0.335. The number of nitrogens with zero attached hydrogens (tertiary/aromatic N) is 1. The standard InChI is InChI=1S/C22H25NO3S2/c1-4-11-22(12-5-2)20(25)23(15-9-7-6-8-10-15)16-13-19(27-3)17(24)14-18(16)28-21(22)26/h6-10,13-14,24H,4-5,11-12H2,1-3H3. The van der Waals surface area contributed by atoms with Crippen LogP contribution in [0.4, 0.5) is 11.4 Å². The zero-order chi connectivity index (χ0) is 20.3. The van der Waals surface area contributed by atoms with E-state index in [9.17, 15) is 14.7 Å². The molecule has 3 rings (SSSR count). The Hall–Kier alpha value is -1.92. The number of phenols is 1. The van der Waals surface area contributed by atoms with Crippen LogP contribution in [0.3, 0.4) is 0 Å². The number of fused-ring (bicyclic) bond motifs is 1. The maximum Gasteiger partial charge on any atom is 0.246 e. The fraction of sp³-hybridized carbons (Fsp3) is 0.364. The van der Waals surface area contributed by atoms with Gasteiger partial charge in [0.2, 0.25) is 11.0 Å². The second-order valence-electron chi connectivity index (χ2n) is 6.94. The third-order valence-electron chi connectivity index (χ3n) is 5.08. The van der Waals surface area contributed by atoms with E-state index in [1.165, 1.54) is 11.8 Å². The molecule has 0 fully saturated rings. The van der Waals surface area contributed by atoms with E-state index >= 15 is 0 Å². The number of para-hydroxylation sites is 1. The molecule has 6 heteroatoms. The normalized spacial score (nSPS) is 16.0. The summed E-state index contributed by atoms with van der Waals surface area (Å²) in [4.78, 5) is 30.3. The molecule has 0 aromatic heterocycles. The van der Waals surface area contributed by atoms with Crippen molar-refractivity contribution in [1.82, 2.24) is 0 Å². The van der Waals surface area contributed by atoms with Crippen LogP contribution < -0.4 is 4.90 Å². The summed E-state index contributed by atoms with van der Waals surface area (Å²) >= 11 is 2.50. The first-order valence-electron chi connectivity index (χ1n) is 9.51. The smallest absolute Gasteiger partial charge is 0.246 e. The Kier molecular flexibility index (Phi) is 6.40. The second kappa shape index (κ2) is 8.62. The maximum atomic E-state index is 13.9. The Morgan fingerprint density at radius 2 is 1.71 bits per heavy atom. The summed E-state index contributed by atoms with van der Waals surface area (Å²) in [6.07, 6.45) is 4.41. The van der Waals surface area contributed by atoms with Crippen molar-refractivity contribution in [2.45, 2.75) is 49.3 Å². The minimum absolute atomic E-state index is 0.128. The largest absolute Gasteiger partial charge is 0.507 e. The highest BCUT2D eigenvalue weighted by atomic mass is 32.2. The molecule has 1 heterocycles. The lowest BCUT2D eigenvalue weighted by Gasteiger charge is -2.33. The molecule has 0 unspecified atom stereocenters. The van der Waals surface area contributed by atoms with Crippen molar-refractivity contribution < 1.29 is 14.7 Å². The van der Waals surface area contributed by atoms with Gasteiger partial charge in [-0.2, -0.15) is 0 Å². The van der Waals surface area contributed by atoms with Crippen LogP contribution in [-0.4, -0.2) is 22.4 Å². The molecule has 0 saturated heterocycles. The number of hydrogen-bond donors (Lipinski definition) is 1. The number of aromatic hydroxyl groups is 1. The van der Waals surface area contributed by atoms with Crippen LogP contribution in [0, 0.1) is 5.41 Å². The monoisotopic (exact) mass is 415 g/mol. The van der Waals surface area contributed by atoms with Crippen molar-refractivity contribution in [2.24, 2.45) is 5.41 Å². The van der Waals surface area contributed by atoms with E-state index < -0.39 is 5.41 Å². The van der Waals surface area contributed by atoms with Gasteiger partial charge in [-0.3, -0.25) is 14.5 Å². The third kappa shape index (κ3) is 3.55. The molecule has 148 valence electrons. The highest BCUT2D eigenvalue weighted by molar-refractivity contribution is 8.14. The van der Waals surface area contributed by atoms with Gasteiger partial charge < -0.3 is 5.11 Å². The average Bonchev–Trinajstić information content (AvgIpc) is 2.77. The number of rotatable bonds is 6. The van der Waals surface area contributed by atoms with Crippen molar-refractivity contribution >= 4 is 45.9 Å². The van der Waals surface area contributed by atoms with Crippen LogP contribution in [0.25, 0.3) is 0 Å². The van der Waals surface area contributed by atoms with Crippen LogP contribution in [0.15, 0.2) is 52.3 Å². The number of carbonyl (C=O) groups excluding carboxylic acids is 2. The SMILES string of the molecule is CCCC1(CCC)C(=O)Sc2cc(O)c(SC)cc2N(c2ccccc2)C1=O. The number of benzene rings is 2. The second-order valence-corrected chi connectivity index (χ2v) is 8.80. The molecule has 1 aliphatic heterocycles. The molecule has 2 aromatic rings. The fourth-order valence-corrected chi connectivity index (χ4v) is 5.41. The summed E-state index contributed by atoms with van der Waals surface area (Å²) in [5.74, 6) is -0.0399. The molecule has 28 heavy (non-hydrogen) atoms. The van der Waals surface area contributed by atoms with Crippen LogP contribution in [0.5, 0.6) is 5.75 Å². The summed E-state index contributed by atoms with van der Waals surface area (Å²) < 4.78 is 0. The molecule has 1 N–H and O–H groups in total. The van der Waals surface area contributed by atoms with Crippen LogP contribution in [0.2, 0.25) is 0 Å². The lowest BCUT2D eigenvalue weighted by molar-refractivity contribution is -0.136. The molecule has 0 spiro atoms.